The minimum atomic E-state index is 0.932. The van der Waals surface area contributed by atoms with Crippen LogP contribution in [0.15, 0.2) is 42.6 Å². The van der Waals surface area contributed by atoms with Crippen LogP contribution in [0.3, 0.4) is 0 Å². The van der Waals surface area contributed by atoms with Gasteiger partial charge in [0.25, 0.3) is 0 Å². The van der Waals surface area contributed by atoms with Crippen LogP contribution in [-0.2, 0) is 6.54 Å². The number of nitrogens with zero attached hydrogens (tertiary/aromatic N) is 1. The van der Waals surface area contributed by atoms with Crippen molar-refractivity contribution in [2.24, 2.45) is 0 Å². The molecule has 0 N–H and O–H groups in total. The van der Waals surface area contributed by atoms with Gasteiger partial charge < -0.3 is 0 Å². The molecular formula is C22H38N+. The Morgan fingerprint density at radius 1 is 0.783 bits per heavy atom. The third-order valence-electron chi connectivity index (χ3n) is 4.42. The topological polar surface area (TPSA) is 0 Å². The number of allylic oxidation sites excluding steroid dienone is 1. The third-order valence-corrected chi connectivity index (χ3v) is 4.42. The molecule has 130 valence electrons. The average Bonchev–Trinajstić information content (AvgIpc) is 2.53. The molecule has 1 aromatic rings. The zero-order valence-electron chi connectivity index (χ0n) is 15.8. The number of hydrogen-bond acceptors (Lipinski definition) is 0. The first kappa shape index (κ1) is 20.0. The Labute approximate surface area is 145 Å². The average molecular weight is 317 g/mol. The first-order valence-electron chi connectivity index (χ1n) is 9.68. The Morgan fingerprint density at radius 2 is 1.35 bits per heavy atom. The van der Waals surface area contributed by atoms with Gasteiger partial charge >= 0.3 is 0 Å². The molecule has 1 aromatic carbocycles. The molecule has 1 rings (SSSR count). The predicted octanol–water partition coefficient (Wildman–Crippen LogP) is 6.70. The maximum absolute atomic E-state index is 2.38. The van der Waals surface area contributed by atoms with Crippen molar-refractivity contribution >= 4 is 0 Å². The van der Waals surface area contributed by atoms with Crippen LogP contribution in [0.2, 0.25) is 0 Å². The van der Waals surface area contributed by atoms with E-state index in [4.69, 9.17) is 0 Å². The molecule has 0 bridgehead atoms. The molecule has 0 aromatic heterocycles. The summed E-state index contributed by atoms with van der Waals surface area (Å²) in [4.78, 5) is 0. The Hall–Kier alpha value is -1.08. The van der Waals surface area contributed by atoms with Crippen molar-refractivity contribution in [2.45, 2.75) is 77.7 Å². The van der Waals surface area contributed by atoms with E-state index in [2.05, 4.69) is 63.6 Å². The Balaban J connectivity index is 2.04. The third kappa shape index (κ3) is 11.1. The van der Waals surface area contributed by atoms with E-state index in [9.17, 15) is 0 Å². The van der Waals surface area contributed by atoms with Crippen molar-refractivity contribution in [1.82, 2.24) is 0 Å². The molecule has 0 spiro atoms. The lowest BCUT2D eigenvalue weighted by atomic mass is 10.1. The fraction of sp³-hybridized carbons (Fsp3) is 0.636. The molecule has 0 heterocycles. The highest BCUT2D eigenvalue weighted by Gasteiger charge is 2.11. The van der Waals surface area contributed by atoms with Gasteiger partial charge in [0.2, 0.25) is 0 Å². The van der Waals surface area contributed by atoms with Crippen LogP contribution in [0, 0.1) is 0 Å². The fourth-order valence-corrected chi connectivity index (χ4v) is 3.04. The first-order chi connectivity index (χ1) is 11.1. The van der Waals surface area contributed by atoms with Crippen molar-refractivity contribution in [3.63, 3.8) is 0 Å². The molecule has 0 amide bonds. The quantitative estimate of drug-likeness (QED) is 0.280. The van der Waals surface area contributed by atoms with Gasteiger partial charge in [-0.05, 0) is 18.9 Å². The molecule has 0 aliphatic heterocycles. The molecule has 0 fully saturated rings. The van der Waals surface area contributed by atoms with Gasteiger partial charge in [-0.3, -0.25) is 4.48 Å². The largest absolute Gasteiger partial charge is 0.299 e. The number of quaternary nitrogens is 1. The maximum Gasteiger partial charge on any atom is 0.108 e. The Bertz CT molecular complexity index is 405. The molecule has 0 aliphatic rings. The molecule has 0 saturated carbocycles. The molecule has 0 unspecified atom stereocenters. The van der Waals surface area contributed by atoms with E-state index in [-0.39, 0.29) is 0 Å². The van der Waals surface area contributed by atoms with Crippen LogP contribution in [-0.4, -0.2) is 18.6 Å². The second-order valence-corrected chi connectivity index (χ2v) is 7.42. The highest BCUT2D eigenvalue weighted by Crippen LogP contribution is 2.13. The van der Waals surface area contributed by atoms with Crippen molar-refractivity contribution < 1.29 is 4.48 Å². The summed E-state index contributed by atoms with van der Waals surface area (Å²) in [7, 11) is 4.56. The minimum Gasteiger partial charge on any atom is -0.299 e. The number of hydrogen-bond donors (Lipinski definition) is 0. The second-order valence-electron chi connectivity index (χ2n) is 7.42. The van der Waals surface area contributed by atoms with Crippen LogP contribution in [0.4, 0.5) is 0 Å². The second kappa shape index (κ2) is 12.4. The van der Waals surface area contributed by atoms with Crippen LogP contribution >= 0.6 is 0 Å². The minimum absolute atomic E-state index is 0.932. The number of unbranched alkanes of at least 4 members (excludes halogenated alkanes) is 9. The fourth-order valence-electron chi connectivity index (χ4n) is 3.04. The Morgan fingerprint density at radius 3 is 1.96 bits per heavy atom. The molecule has 1 nitrogen and oxygen atoms in total. The van der Waals surface area contributed by atoms with Crippen LogP contribution in [0.25, 0.3) is 0 Å². The van der Waals surface area contributed by atoms with E-state index < -0.39 is 0 Å². The normalized spacial score (nSPS) is 12.1. The maximum atomic E-state index is 2.38. The molecule has 0 radical (unpaired) electrons. The monoisotopic (exact) mass is 316 g/mol. The smallest absolute Gasteiger partial charge is 0.108 e. The molecule has 1 heteroatoms. The standard InChI is InChI=1S/C22H38N/c1-4-5-6-7-8-9-10-11-12-13-17-20-23(2,3)21-22-18-15-14-16-19-22/h14-20H,4-13,21H2,1-3H3/q+1. The molecular weight excluding hydrogens is 278 g/mol. The molecule has 0 atom stereocenters. The molecule has 0 aliphatic carbocycles. The van der Waals surface area contributed by atoms with E-state index in [0.29, 0.717) is 0 Å². The van der Waals surface area contributed by atoms with Gasteiger partial charge in [0.15, 0.2) is 0 Å². The van der Waals surface area contributed by atoms with Crippen LogP contribution in [0.1, 0.15) is 76.7 Å². The Kier molecular flexibility index (Phi) is 10.7. The van der Waals surface area contributed by atoms with E-state index in [1.807, 2.05) is 0 Å². The highest BCUT2D eigenvalue weighted by molar-refractivity contribution is 5.13. The van der Waals surface area contributed by atoms with Gasteiger partial charge in [0, 0.05) is 5.56 Å². The number of rotatable bonds is 13. The summed E-state index contributed by atoms with van der Waals surface area (Å²) in [6.45, 7) is 3.35. The zero-order chi connectivity index (χ0) is 16.8. The van der Waals surface area contributed by atoms with Crippen LogP contribution in [0.5, 0.6) is 0 Å². The van der Waals surface area contributed by atoms with Gasteiger partial charge in [-0.25, -0.2) is 0 Å². The van der Waals surface area contributed by atoms with E-state index in [1.165, 1.54) is 69.8 Å². The van der Waals surface area contributed by atoms with Crippen molar-refractivity contribution in [3.8, 4) is 0 Å². The highest BCUT2D eigenvalue weighted by atomic mass is 15.3. The predicted molar refractivity (Wildman–Crippen MR) is 103 cm³/mol. The van der Waals surface area contributed by atoms with Gasteiger partial charge in [-0.15, -0.1) is 0 Å². The number of benzene rings is 1. The van der Waals surface area contributed by atoms with Crippen LogP contribution < -0.4 is 0 Å². The first-order valence-corrected chi connectivity index (χ1v) is 9.68. The SMILES string of the molecule is CCCCCCCCCCCC=C[N+](C)(C)Cc1ccccc1. The van der Waals surface area contributed by atoms with Crippen molar-refractivity contribution in [1.29, 1.82) is 0 Å². The van der Waals surface area contributed by atoms with Gasteiger partial charge in [0.1, 0.15) is 6.54 Å². The summed E-state index contributed by atoms with van der Waals surface area (Å²) >= 11 is 0. The summed E-state index contributed by atoms with van der Waals surface area (Å²) in [6.07, 6.45) is 18.6. The summed E-state index contributed by atoms with van der Waals surface area (Å²) < 4.78 is 0.932. The summed E-state index contributed by atoms with van der Waals surface area (Å²) in [5, 5.41) is 0. The van der Waals surface area contributed by atoms with E-state index in [0.717, 1.165) is 11.0 Å². The molecule has 23 heavy (non-hydrogen) atoms. The van der Waals surface area contributed by atoms with E-state index in [1.54, 1.807) is 0 Å². The summed E-state index contributed by atoms with van der Waals surface area (Å²) in [5.74, 6) is 0. The van der Waals surface area contributed by atoms with Gasteiger partial charge in [-0.2, -0.15) is 0 Å². The molecule has 0 saturated heterocycles. The van der Waals surface area contributed by atoms with Gasteiger partial charge in [0.05, 0.1) is 20.3 Å². The summed E-state index contributed by atoms with van der Waals surface area (Å²) in [5.41, 5.74) is 1.41. The van der Waals surface area contributed by atoms with E-state index >= 15 is 0 Å². The lowest BCUT2D eigenvalue weighted by Gasteiger charge is -2.25. The summed E-state index contributed by atoms with van der Waals surface area (Å²) in [6, 6.07) is 10.8. The van der Waals surface area contributed by atoms with Gasteiger partial charge in [-0.1, -0.05) is 88.6 Å². The zero-order valence-corrected chi connectivity index (χ0v) is 15.8. The van der Waals surface area contributed by atoms with Crippen molar-refractivity contribution in [3.05, 3.63) is 48.2 Å². The lowest BCUT2D eigenvalue weighted by Crippen LogP contribution is -2.32. The lowest BCUT2D eigenvalue weighted by molar-refractivity contribution is -0.852. The van der Waals surface area contributed by atoms with Crippen molar-refractivity contribution in [2.75, 3.05) is 14.1 Å².